The lowest BCUT2D eigenvalue weighted by Crippen LogP contribution is -2.52. The number of aromatic nitrogens is 2. The highest BCUT2D eigenvalue weighted by Crippen LogP contribution is 2.17. The summed E-state index contributed by atoms with van der Waals surface area (Å²) in [5, 5.41) is 25.3. The van der Waals surface area contributed by atoms with Crippen LogP contribution in [0.3, 0.4) is 0 Å². The molecule has 0 aliphatic heterocycles. The summed E-state index contributed by atoms with van der Waals surface area (Å²) >= 11 is 0. The van der Waals surface area contributed by atoms with E-state index in [2.05, 4.69) is 20.6 Å². The van der Waals surface area contributed by atoms with E-state index in [0.717, 1.165) is 0 Å². The van der Waals surface area contributed by atoms with Crippen LogP contribution in [0.4, 0.5) is 0 Å². The Bertz CT molecular complexity index is 1350. The zero-order valence-electron chi connectivity index (χ0n) is 21.5. The van der Waals surface area contributed by atoms with Crippen molar-refractivity contribution in [2.75, 3.05) is 26.3 Å². The smallest absolute Gasteiger partial charge is 0.323 e. The number of hydrogen-bond donors (Lipinski definition) is 5. The largest absolute Gasteiger partial charge is 0.489 e. The van der Waals surface area contributed by atoms with Gasteiger partial charge in [-0.15, -0.1) is 0 Å². The number of aliphatic hydroxyl groups is 1. The van der Waals surface area contributed by atoms with Crippen LogP contribution in [0.2, 0.25) is 0 Å². The fourth-order valence-electron chi connectivity index (χ4n) is 3.45. The predicted octanol–water partition coefficient (Wildman–Crippen LogP) is 1.42. The summed E-state index contributed by atoms with van der Waals surface area (Å²) in [5.74, 6) is 0.157. The maximum Gasteiger partial charge on any atom is 0.323 e. The number of hydrogen-bond acceptors (Lipinski definition) is 8. The normalized spacial score (nSPS) is 11.9. The number of ketones is 1. The van der Waals surface area contributed by atoms with Gasteiger partial charge in [-0.1, -0.05) is 12.1 Å². The molecule has 0 saturated heterocycles. The number of para-hydroxylation sites is 1. The maximum absolute atomic E-state index is 12.5. The zero-order chi connectivity index (χ0) is 27.7. The standard InChI is InChI=1S/C27H31N5O6/c1-17-24(32-26(36)31-17)25(35)18-8-10-21(11-9-18)37-15-23(34)29-16-27(2,3)30-13-20(33)14-38-22-7-5-4-6-19(22)12-28/h4-11,20,30,33H,13-16H2,1-3H3,(H,29,34)(H2,31,32,36). The molecule has 0 saturated carbocycles. The topological polar surface area (TPSA) is 169 Å². The second-order valence-corrected chi connectivity index (χ2v) is 9.34. The SMILES string of the molecule is Cc1[nH]c(=O)[nH]c1C(=O)c1ccc(OCC(=O)NCC(C)(C)NCC(O)COc2ccccc2C#N)cc1. The molecular formula is C27H31N5O6. The first-order valence-corrected chi connectivity index (χ1v) is 12.0. The monoisotopic (exact) mass is 521 g/mol. The Labute approximate surface area is 219 Å². The molecule has 5 N–H and O–H groups in total. The highest BCUT2D eigenvalue weighted by molar-refractivity contribution is 6.08. The molecule has 0 aliphatic carbocycles. The number of β-amino-alcohol motifs (C(OH)–C–C–N with tert-alkyl or cyclic N) is 1. The van der Waals surface area contributed by atoms with E-state index in [-0.39, 0.29) is 43.7 Å². The molecule has 0 aliphatic rings. The molecule has 0 radical (unpaired) electrons. The maximum atomic E-state index is 12.5. The molecule has 3 aromatic rings. The van der Waals surface area contributed by atoms with Gasteiger partial charge in [0.05, 0.1) is 5.56 Å². The molecule has 200 valence electrons. The summed E-state index contributed by atoms with van der Waals surface area (Å²) in [4.78, 5) is 41.2. The Morgan fingerprint density at radius 1 is 1.11 bits per heavy atom. The third kappa shape index (κ3) is 8.06. The van der Waals surface area contributed by atoms with E-state index < -0.39 is 17.3 Å². The Morgan fingerprint density at radius 3 is 2.47 bits per heavy atom. The van der Waals surface area contributed by atoms with Crippen LogP contribution >= 0.6 is 0 Å². The minimum Gasteiger partial charge on any atom is -0.489 e. The third-order valence-electron chi connectivity index (χ3n) is 5.61. The molecule has 3 rings (SSSR count). The average molecular weight is 522 g/mol. The highest BCUT2D eigenvalue weighted by atomic mass is 16.5. The number of nitrogens with zero attached hydrogens (tertiary/aromatic N) is 1. The molecule has 11 heteroatoms. The number of benzene rings is 2. The lowest BCUT2D eigenvalue weighted by Gasteiger charge is -2.28. The van der Waals surface area contributed by atoms with E-state index in [1.54, 1.807) is 55.5 Å². The van der Waals surface area contributed by atoms with Crippen molar-refractivity contribution >= 4 is 11.7 Å². The average Bonchev–Trinajstić information content (AvgIpc) is 3.26. The van der Waals surface area contributed by atoms with Crippen molar-refractivity contribution in [2.24, 2.45) is 0 Å². The van der Waals surface area contributed by atoms with Gasteiger partial charge in [-0.2, -0.15) is 5.26 Å². The van der Waals surface area contributed by atoms with Gasteiger partial charge in [0.25, 0.3) is 5.91 Å². The van der Waals surface area contributed by atoms with Gasteiger partial charge < -0.3 is 35.2 Å². The van der Waals surface area contributed by atoms with Gasteiger partial charge >= 0.3 is 5.69 Å². The van der Waals surface area contributed by atoms with Crippen LogP contribution < -0.4 is 25.8 Å². The van der Waals surface area contributed by atoms with Gasteiger partial charge in [-0.25, -0.2) is 4.79 Å². The molecule has 0 spiro atoms. The third-order valence-corrected chi connectivity index (χ3v) is 5.61. The van der Waals surface area contributed by atoms with Crippen molar-refractivity contribution in [1.82, 2.24) is 20.6 Å². The first-order valence-electron chi connectivity index (χ1n) is 12.0. The van der Waals surface area contributed by atoms with E-state index in [1.807, 2.05) is 19.9 Å². The summed E-state index contributed by atoms with van der Waals surface area (Å²) in [7, 11) is 0. The van der Waals surface area contributed by atoms with Crippen LogP contribution in [-0.2, 0) is 4.79 Å². The number of amides is 1. The molecule has 1 aromatic heterocycles. The number of rotatable bonds is 13. The molecule has 38 heavy (non-hydrogen) atoms. The number of nitriles is 1. The van der Waals surface area contributed by atoms with Crippen molar-refractivity contribution in [3.8, 4) is 17.6 Å². The second kappa shape index (κ2) is 12.7. The van der Waals surface area contributed by atoms with Crippen LogP contribution in [0.15, 0.2) is 53.3 Å². The number of carbonyl (C=O) groups excluding carboxylic acids is 2. The molecule has 1 unspecified atom stereocenters. The number of imidazole rings is 1. The first-order chi connectivity index (χ1) is 18.1. The van der Waals surface area contributed by atoms with E-state index in [9.17, 15) is 19.5 Å². The van der Waals surface area contributed by atoms with Gasteiger partial charge in [0.15, 0.2) is 6.61 Å². The van der Waals surface area contributed by atoms with Gasteiger partial charge in [0, 0.05) is 29.9 Å². The second-order valence-electron chi connectivity index (χ2n) is 9.34. The lowest BCUT2D eigenvalue weighted by atomic mass is 10.1. The van der Waals surface area contributed by atoms with Crippen LogP contribution in [0.25, 0.3) is 0 Å². The van der Waals surface area contributed by atoms with Crippen LogP contribution in [-0.4, -0.2) is 64.7 Å². The summed E-state index contributed by atoms with van der Waals surface area (Å²) in [6.45, 7) is 5.67. The van der Waals surface area contributed by atoms with Crippen molar-refractivity contribution in [2.45, 2.75) is 32.4 Å². The summed E-state index contributed by atoms with van der Waals surface area (Å²) < 4.78 is 11.0. The van der Waals surface area contributed by atoms with Crippen molar-refractivity contribution in [1.29, 1.82) is 5.26 Å². The van der Waals surface area contributed by atoms with E-state index in [1.165, 1.54) is 0 Å². The fraction of sp³-hybridized carbons (Fsp3) is 0.333. The zero-order valence-corrected chi connectivity index (χ0v) is 21.5. The fourth-order valence-corrected chi connectivity index (χ4v) is 3.45. The number of aliphatic hydroxyl groups excluding tert-OH is 1. The van der Waals surface area contributed by atoms with Crippen molar-refractivity contribution < 1.29 is 24.2 Å². The summed E-state index contributed by atoms with van der Waals surface area (Å²) in [5.41, 5.74) is 0.447. The van der Waals surface area contributed by atoms with E-state index >= 15 is 0 Å². The van der Waals surface area contributed by atoms with Gasteiger partial charge in [0.2, 0.25) is 5.78 Å². The Kier molecular flexibility index (Phi) is 9.43. The van der Waals surface area contributed by atoms with Crippen molar-refractivity contribution in [3.05, 3.63) is 81.5 Å². The quantitative estimate of drug-likeness (QED) is 0.210. The number of aryl methyl sites for hydroxylation is 1. The minimum absolute atomic E-state index is 0.00902. The Balaban J connectivity index is 1.38. The molecule has 1 heterocycles. The summed E-state index contributed by atoms with van der Waals surface area (Å²) in [6, 6.07) is 15.1. The summed E-state index contributed by atoms with van der Waals surface area (Å²) in [6.07, 6.45) is -0.823. The lowest BCUT2D eigenvalue weighted by molar-refractivity contribution is -0.123. The number of H-pyrrole nitrogens is 2. The number of aromatic amines is 2. The van der Waals surface area contributed by atoms with Gasteiger partial charge in [-0.3, -0.25) is 9.59 Å². The molecule has 1 amide bonds. The molecule has 1 atom stereocenters. The predicted molar refractivity (Wildman–Crippen MR) is 139 cm³/mol. The number of ether oxygens (including phenoxy) is 2. The number of nitrogens with one attached hydrogen (secondary N) is 4. The van der Waals surface area contributed by atoms with Gasteiger partial charge in [0.1, 0.15) is 36.0 Å². The van der Waals surface area contributed by atoms with Crippen LogP contribution in [0.1, 0.15) is 41.2 Å². The molecular weight excluding hydrogens is 490 g/mol. The van der Waals surface area contributed by atoms with E-state index in [0.29, 0.717) is 28.3 Å². The molecule has 0 fully saturated rings. The Morgan fingerprint density at radius 2 is 1.82 bits per heavy atom. The van der Waals surface area contributed by atoms with Crippen LogP contribution in [0, 0.1) is 18.3 Å². The Hall–Kier alpha value is -4.40. The van der Waals surface area contributed by atoms with Crippen LogP contribution in [0.5, 0.6) is 11.5 Å². The molecule has 0 bridgehead atoms. The van der Waals surface area contributed by atoms with Crippen molar-refractivity contribution in [3.63, 3.8) is 0 Å². The van der Waals surface area contributed by atoms with Gasteiger partial charge in [-0.05, 0) is 57.2 Å². The molecule has 2 aromatic carbocycles. The van der Waals surface area contributed by atoms with E-state index in [4.69, 9.17) is 14.7 Å². The highest BCUT2D eigenvalue weighted by Gasteiger charge is 2.20. The molecule has 11 nitrogen and oxygen atoms in total. The number of carbonyl (C=O) groups is 2. The first kappa shape index (κ1) is 28.2. The minimum atomic E-state index is -0.823.